The molecule has 106 valence electrons. The molecule has 1 aromatic heterocycles. The third-order valence-corrected chi connectivity index (χ3v) is 3.62. The Morgan fingerprint density at radius 2 is 2.10 bits per heavy atom. The molecule has 1 N–H and O–H groups in total. The van der Waals surface area contributed by atoms with Gasteiger partial charge in [0.05, 0.1) is 10.7 Å². The zero-order chi connectivity index (χ0) is 14.5. The van der Waals surface area contributed by atoms with Crippen LogP contribution < -0.4 is 10.1 Å². The maximum absolute atomic E-state index is 6.12. The van der Waals surface area contributed by atoms with Crippen LogP contribution in [0.1, 0.15) is 18.2 Å². The average Bonchev–Trinajstić information content (AvgIpc) is 2.42. The molecule has 1 aromatic carbocycles. The van der Waals surface area contributed by atoms with E-state index in [0.717, 1.165) is 28.0 Å². The lowest BCUT2D eigenvalue weighted by Gasteiger charge is -2.10. The molecular weight excluding hydrogens is 340 g/mol. The molecule has 0 amide bonds. The summed E-state index contributed by atoms with van der Waals surface area (Å²) >= 11 is 9.56. The quantitative estimate of drug-likeness (QED) is 0.843. The lowest BCUT2D eigenvalue weighted by Crippen LogP contribution is -2.13. The Bertz CT molecular complexity index is 604. The van der Waals surface area contributed by atoms with E-state index in [1.54, 1.807) is 6.07 Å². The minimum absolute atomic E-state index is 0.549. The number of hydrogen-bond donors (Lipinski definition) is 1. The second kappa shape index (κ2) is 7.07. The summed E-state index contributed by atoms with van der Waals surface area (Å²) in [6, 6.07) is 9.45. The molecular formula is C15H16BrClN2O. The summed E-state index contributed by atoms with van der Waals surface area (Å²) in [6.45, 7) is 5.54. The first-order valence-corrected chi connectivity index (χ1v) is 7.57. The van der Waals surface area contributed by atoms with Crippen LogP contribution in [0.4, 0.5) is 0 Å². The first kappa shape index (κ1) is 15.3. The van der Waals surface area contributed by atoms with Gasteiger partial charge in [0.1, 0.15) is 5.75 Å². The topological polar surface area (TPSA) is 34.2 Å². The van der Waals surface area contributed by atoms with Gasteiger partial charge < -0.3 is 10.1 Å². The molecule has 20 heavy (non-hydrogen) atoms. The number of nitrogens with one attached hydrogen (secondary N) is 1. The van der Waals surface area contributed by atoms with Crippen molar-refractivity contribution in [3.63, 3.8) is 0 Å². The predicted octanol–water partition coefficient (Wildman–Crippen LogP) is 4.71. The van der Waals surface area contributed by atoms with Crippen molar-refractivity contribution in [2.24, 2.45) is 0 Å². The molecule has 2 rings (SSSR count). The molecule has 3 nitrogen and oxygen atoms in total. The fourth-order valence-electron chi connectivity index (χ4n) is 1.73. The fraction of sp³-hybridized carbons (Fsp3) is 0.267. The van der Waals surface area contributed by atoms with Gasteiger partial charge in [-0.3, -0.25) is 0 Å². The summed E-state index contributed by atoms with van der Waals surface area (Å²) in [5, 5.41) is 3.85. The molecule has 2 aromatic rings. The van der Waals surface area contributed by atoms with Gasteiger partial charge in [0.2, 0.25) is 5.88 Å². The predicted molar refractivity (Wildman–Crippen MR) is 85.6 cm³/mol. The molecule has 0 fully saturated rings. The maximum atomic E-state index is 6.12. The van der Waals surface area contributed by atoms with Crippen molar-refractivity contribution in [2.75, 3.05) is 6.54 Å². The zero-order valence-electron chi connectivity index (χ0n) is 11.4. The van der Waals surface area contributed by atoms with Crippen molar-refractivity contribution in [3.05, 3.63) is 51.1 Å². The van der Waals surface area contributed by atoms with Gasteiger partial charge in [-0.2, -0.15) is 0 Å². The van der Waals surface area contributed by atoms with Crippen LogP contribution in [-0.4, -0.2) is 11.5 Å². The zero-order valence-corrected chi connectivity index (χ0v) is 13.8. The summed E-state index contributed by atoms with van der Waals surface area (Å²) in [5.74, 6) is 1.34. The van der Waals surface area contributed by atoms with Crippen LogP contribution in [0.5, 0.6) is 11.6 Å². The van der Waals surface area contributed by atoms with Crippen LogP contribution in [-0.2, 0) is 6.54 Å². The van der Waals surface area contributed by atoms with Gasteiger partial charge in [0.15, 0.2) is 0 Å². The Hall–Kier alpha value is -1.10. The first-order chi connectivity index (χ1) is 9.60. The van der Waals surface area contributed by atoms with E-state index < -0.39 is 0 Å². The van der Waals surface area contributed by atoms with Crippen molar-refractivity contribution in [1.29, 1.82) is 0 Å². The lowest BCUT2D eigenvalue weighted by atomic mass is 10.2. The monoisotopic (exact) mass is 354 g/mol. The Morgan fingerprint density at radius 3 is 2.80 bits per heavy atom. The van der Waals surface area contributed by atoms with E-state index in [1.807, 2.05) is 38.1 Å². The molecule has 0 unspecified atom stereocenters. The summed E-state index contributed by atoms with van der Waals surface area (Å²) in [6.07, 6.45) is 0. The van der Waals surface area contributed by atoms with E-state index in [4.69, 9.17) is 16.3 Å². The highest BCUT2D eigenvalue weighted by atomic mass is 79.9. The number of aromatic nitrogens is 1. The largest absolute Gasteiger partial charge is 0.439 e. The number of nitrogens with zero attached hydrogens (tertiary/aromatic N) is 1. The van der Waals surface area contributed by atoms with E-state index >= 15 is 0 Å². The lowest BCUT2D eigenvalue weighted by molar-refractivity contribution is 0.456. The molecule has 0 bridgehead atoms. The number of hydrogen-bond acceptors (Lipinski definition) is 3. The molecule has 0 aliphatic carbocycles. The van der Waals surface area contributed by atoms with E-state index in [9.17, 15) is 0 Å². The van der Waals surface area contributed by atoms with Crippen molar-refractivity contribution in [1.82, 2.24) is 10.3 Å². The highest BCUT2D eigenvalue weighted by Crippen LogP contribution is 2.27. The van der Waals surface area contributed by atoms with Crippen molar-refractivity contribution >= 4 is 27.5 Å². The Balaban J connectivity index is 2.20. The van der Waals surface area contributed by atoms with Gasteiger partial charge in [0.25, 0.3) is 0 Å². The smallest absolute Gasteiger partial charge is 0.219 e. The number of halogens is 2. The Kier molecular flexibility index (Phi) is 5.40. The van der Waals surface area contributed by atoms with Crippen LogP contribution in [0.15, 0.2) is 34.8 Å². The highest BCUT2D eigenvalue weighted by molar-refractivity contribution is 9.10. The number of rotatable bonds is 5. The van der Waals surface area contributed by atoms with Crippen molar-refractivity contribution in [2.45, 2.75) is 20.4 Å². The second-order valence-corrected chi connectivity index (χ2v) is 5.69. The molecule has 0 radical (unpaired) electrons. The van der Waals surface area contributed by atoms with E-state index in [2.05, 4.69) is 26.2 Å². The molecule has 0 saturated carbocycles. The van der Waals surface area contributed by atoms with Crippen molar-refractivity contribution < 1.29 is 4.74 Å². The third kappa shape index (κ3) is 3.95. The fourth-order valence-corrected chi connectivity index (χ4v) is 2.38. The molecule has 0 spiro atoms. The second-order valence-electron chi connectivity index (χ2n) is 4.37. The highest BCUT2D eigenvalue weighted by Gasteiger charge is 2.07. The van der Waals surface area contributed by atoms with E-state index in [1.165, 1.54) is 0 Å². The van der Waals surface area contributed by atoms with Crippen LogP contribution in [0, 0.1) is 6.92 Å². The number of benzene rings is 1. The van der Waals surface area contributed by atoms with Gasteiger partial charge in [0, 0.05) is 17.1 Å². The summed E-state index contributed by atoms with van der Waals surface area (Å²) in [4.78, 5) is 4.44. The van der Waals surface area contributed by atoms with Crippen LogP contribution in [0.2, 0.25) is 5.02 Å². The average molecular weight is 356 g/mol. The Morgan fingerprint density at radius 1 is 1.30 bits per heavy atom. The summed E-state index contributed by atoms with van der Waals surface area (Å²) in [5.41, 5.74) is 1.84. The first-order valence-electron chi connectivity index (χ1n) is 6.40. The minimum atomic E-state index is 0.549. The van der Waals surface area contributed by atoms with Gasteiger partial charge in [-0.1, -0.05) is 34.5 Å². The third-order valence-electron chi connectivity index (χ3n) is 2.79. The standard InChI is InChI=1S/C15H16BrClN2O/c1-3-18-9-13-12(17)5-7-15(19-13)20-14-6-4-11(16)8-10(14)2/h4-8,18H,3,9H2,1-2H3. The van der Waals surface area contributed by atoms with Crippen molar-refractivity contribution in [3.8, 4) is 11.6 Å². The molecule has 0 saturated heterocycles. The number of pyridine rings is 1. The van der Waals surface area contributed by atoms with Crippen LogP contribution >= 0.6 is 27.5 Å². The minimum Gasteiger partial charge on any atom is -0.439 e. The SMILES string of the molecule is CCNCc1nc(Oc2ccc(Br)cc2C)ccc1Cl. The van der Waals surface area contributed by atoms with Gasteiger partial charge in [-0.15, -0.1) is 0 Å². The summed E-state index contributed by atoms with van der Waals surface area (Å²) < 4.78 is 6.85. The molecule has 0 atom stereocenters. The molecule has 1 heterocycles. The normalized spacial score (nSPS) is 10.6. The van der Waals surface area contributed by atoms with Gasteiger partial charge in [-0.25, -0.2) is 4.98 Å². The summed E-state index contributed by atoms with van der Waals surface area (Å²) in [7, 11) is 0. The molecule has 5 heteroatoms. The van der Waals surface area contributed by atoms with E-state index in [-0.39, 0.29) is 0 Å². The number of ether oxygens (including phenoxy) is 1. The Labute approximate surface area is 132 Å². The van der Waals surface area contributed by atoms with Crippen LogP contribution in [0.3, 0.4) is 0 Å². The molecule has 0 aliphatic heterocycles. The maximum Gasteiger partial charge on any atom is 0.219 e. The van der Waals surface area contributed by atoms with Crippen LogP contribution in [0.25, 0.3) is 0 Å². The number of aryl methyl sites for hydroxylation is 1. The molecule has 0 aliphatic rings. The van der Waals surface area contributed by atoms with Gasteiger partial charge in [-0.05, 0) is 43.3 Å². The van der Waals surface area contributed by atoms with Gasteiger partial charge >= 0.3 is 0 Å². The van der Waals surface area contributed by atoms with E-state index in [0.29, 0.717) is 17.4 Å².